The molecular formula is C15H17N3O4. The molecule has 2 fully saturated rings. The van der Waals surface area contributed by atoms with Crippen LogP contribution in [0, 0.1) is 0 Å². The summed E-state index contributed by atoms with van der Waals surface area (Å²) in [5.74, 6) is 0.149. The van der Waals surface area contributed by atoms with Crippen molar-refractivity contribution in [3.05, 3.63) is 30.3 Å². The van der Waals surface area contributed by atoms with E-state index in [9.17, 15) is 14.4 Å². The first kappa shape index (κ1) is 14.4. The van der Waals surface area contributed by atoms with Crippen LogP contribution in [0.3, 0.4) is 0 Å². The number of benzene rings is 1. The second-order valence-corrected chi connectivity index (χ2v) is 5.52. The number of rotatable bonds is 2. The van der Waals surface area contributed by atoms with Crippen molar-refractivity contribution in [3.8, 4) is 5.75 Å². The Balaban J connectivity index is 1.60. The molecule has 0 unspecified atom stereocenters. The van der Waals surface area contributed by atoms with Crippen LogP contribution in [-0.2, 0) is 9.59 Å². The maximum Gasteiger partial charge on any atom is 0.412 e. The number of nitrogens with zero attached hydrogens (tertiary/aromatic N) is 1. The van der Waals surface area contributed by atoms with E-state index >= 15 is 0 Å². The predicted octanol–water partition coefficient (Wildman–Crippen LogP) is 0.263. The number of fused-ring (bicyclic) bond motifs is 1. The van der Waals surface area contributed by atoms with Crippen LogP contribution >= 0.6 is 0 Å². The highest BCUT2D eigenvalue weighted by atomic mass is 16.6. The first-order chi connectivity index (χ1) is 10.5. The van der Waals surface area contributed by atoms with Gasteiger partial charge in [0.2, 0.25) is 11.8 Å². The Kier molecular flexibility index (Phi) is 3.70. The van der Waals surface area contributed by atoms with Crippen molar-refractivity contribution < 1.29 is 19.1 Å². The average molecular weight is 303 g/mol. The zero-order valence-electron chi connectivity index (χ0n) is 12.1. The summed E-state index contributed by atoms with van der Waals surface area (Å²) >= 11 is 0. The Labute approximate surface area is 127 Å². The molecular weight excluding hydrogens is 286 g/mol. The number of para-hydroxylation sites is 1. The number of carbonyl (C=O) groups excluding carboxylic acids is 3. The molecule has 7 nitrogen and oxygen atoms in total. The summed E-state index contributed by atoms with van der Waals surface area (Å²) in [6.07, 6.45) is -0.189. The molecule has 7 heteroatoms. The first-order valence-electron chi connectivity index (χ1n) is 7.19. The van der Waals surface area contributed by atoms with E-state index in [1.807, 2.05) is 6.07 Å². The second-order valence-electron chi connectivity index (χ2n) is 5.52. The van der Waals surface area contributed by atoms with Crippen LogP contribution in [-0.4, -0.2) is 47.5 Å². The van der Waals surface area contributed by atoms with Gasteiger partial charge in [0.15, 0.2) is 0 Å². The molecule has 3 amide bonds. The van der Waals surface area contributed by atoms with Crippen LogP contribution in [0.25, 0.3) is 0 Å². The molecule has 0 bridgehead atoms. The van der Waals surface area contributed by atoms with Gasteiger partial charge in [-0.2, -0.15) is 0 Å². The lowest BCUT2D eigenvalue weighted by atomic mass is 10.1. The van der Waals surface area contributed by atoms with Gasteiger partial charge < -0.3 is 20.3 Å². The normalized spacial score (nSPS) is 27.1. The van der Waals surface area contributed by atoms with Crippen LogP contribution in [0.4, 0.5) is 4.79 Å². The molecule has 2 N–H and O–H groups in total. The third-order valence-corrected chi connectivity index (χ3v) is 3.89. The molecule has 0 radical (unpaired) electrons. The molecule has 0 spiro atoms. The lowest BCUT2D eigenvalue weighted by Crippen LogP contribution is -2.60. The fourth-order valence-electron chi connectivity index (χ4n) is 2.84. The lowest BCUT2D eigenvalue weighted by Gasteiger charge is -2.32. The van der Waals surface area contributed by atoms with Gasteiger partial charge in [-0.25, -0.2) is 4.79 Å². The van der Waals surface area contributed by atoms with Crippen LogP contribution in [0.1, 0.15) is 13.3 Å². The largest absolute Gasteiger partial charge is 0.412 e. The van der Waals surface area contributed by atoms with Crippen molar-refractivity contribution >= 4 is 17.9 Å². The van der Waals surface area contributed by atoms with E-state index in [0.29, 0.717) is 18.7 Å². The maximum absolute atomic E-state index is 12.0. The van der Waals surface area contributed by atoms with Crippen LogP contribution < -0.4 is 15.4 Å². The molecule has 2 saturated heterocycles. The minimum atomic E-state index is -0.586. The first-order valence-corrected chi connectivity index (χ1v) is 7.19. The Morgan fingerprint density at radius 3 is 2.77 bits per heavy atom. The zero-order valence-corrected chi connectivity index (χ0v) is 12.1. The quantitative estimate of drug-likeness (QED) is 0.820. The molecule has 2 aliphatic heterocycles. The van der Waals surface area contributed by atoms with E-state index in [1.165, 1.54) is 4.90 Å². The number of hydrogen-bond donors (Lipinski definition) is 2. The molecule has 3 rings (SSSR count). The number of ether oxygens (including phenoxy) is 1. The highest BCUT2D eigenvalue weighted by Gasteiger charge is 2.45. The van der Waals surface area contributed by atoms with Crippen molar-refractivity contribution in [3.63, 3.8) is 0 Å². The summed E-state index contributed by atoms with van der Waals surface area (Å²) < 4.78 is 5.15. The molecule has 2 heterocycles. The van der Waals surface area contributed by atoms with Gasteiger partial charge in [-0.15, -0.1) is 0 Å². The van der Waals surface area contributed by atoms with Gasteiger partial charge in [-0.3, -0.25) is 9.59 Å². The molecule has 2 aliphatic rings. The summed E-state index contributed by atoms with van der Waals surface area (Å²) in [6.45, 7) is 1.98. The van der Waals surface area contributed by atoms with Gasteiger partial charge >= 0.3 is 6.09 Å². The summed E-state index contributed by atoms with van der Waals surface area (Å²) in [5, 5.41) is 5.34. The van der Waals surface area contributed by atoms with E-state index in [-0.39, 0.29) is 17.9 Å². The van der Waals surface area contributed by atoms with Crippen molar-refractivity contribution in [2.75, 3.05) is 6.54 Å². The minimum Gasteiger partial charge on any atom is -0.410 e. The number of carbonyl (C=O) groups is 3. The van der Waals surface area contributed by atoms with Crippen molar-refractivity contribution in [1.29, 1.82) is 0 Å². The van der Waals surface area contributed by atoms with Gasteiger partial charge in [0.25, 0.3) is 0 Å². The molecule has 1 aromatic carbocycles. The number of piperazine rings is 1. The molecule has 0 saturated carbocycles. The van der Waals surface area contributed by atoms with Crippen LogP contribution in [0.15, 0.2) is 30.3 Å². The summed E-state index contributed by atoms with van der Waals surface area (Å²) in [4.78, 5) is 37.3. The van der Waals surface area contributed by atoms with Crippen molar-refractivity contribution in [1.82, 2.24) is 15.5 Å². The van der Waals surface area contributed by atoms with Gasteiger partial charge in [0, 0.05) is 6.54 Å². The van der Waals surface area contributed by atoms with Gasteiger partial charge in [-0.1, -0.05) is 18.2 Å². The van der Waals surface area contributed by atoms with Crippen LogP contribution in [0.5, 0.6) is 5.75 Å². The molecule has 1 aromatic rings. The Hall–Kier alpha value is -2.57. The third kappa shape index (κ3) is 2.74. The van der Waals surface area contributed by atoms with Gasteiger partial charge in [0.1, 0.15) is 17.8 Å². The molecule has 116 valence electrons. The van der Waals surface area contributed by atoms with E-state index in [0.717, 1.165) is 0 Å². The lowest BCUT2D eigenvalue weighted by molar-refractivity contribution is -0.146. The third-order valence-electron chi connectivity index (χ3n) is 3.89. The zero-order chi connectivity index (χ0) is 15.7. The summed E-state index contributed by atoms with van der Waals surface area (Å²) in [5.41, 5.74) is 0. The smallest absolute Gasteiger partial charge is 0.410 e. The van der Waals surface area contributed by atoms with E-state index in [2.05, 4.69) is 10.6 Å². The standard InChI is InChI=1S/C15H17N3O4/c1-9-14(20)18-8-10(7-12(18)13(19)16-9)17-15(21)22-11-5-3-2-4-6-11/h2-6,9-10,12H,7-8H2,1H3,(H,16,19)(H,17,21)/t9-,10+,12+/m1/s1. The second kappa shape index (κ2) is 5.67. The van der Waals surface area contributed by atoms with E-state index in [1.54, 1.807) is 31.2 Å². The molecule has 0 aromatic heterocycles. The number of hydrogen-bond acceptors (Lipinski definition) is 4. The van der Waals surface area contributed by atoms with Gasteiger partial charge in [-0.05, 0) is 25.5 Å². The highest BCUT2D eigenvalue weighted by molar-refractivity contribution is 5.97. The topological polar surface area (TPSA) is 87.7 Å². The SMILES string of the molecule is C[C@H]1NC(=O)[C@@H]2C[C@H](NC(=O)Oc3ccccc3)CN2C1=O. The fourth-order valence-corrected chi connectivity index (χ4v) is 2.84. The Morgan fingerprint density at radius 2 is 2.05 bits per heavy atom. The minimum absolute atomic E-state index is 0.120. The molecule has 0 aliphatic carbocycles. The van der Waals surface area contributed by atoms with E-state index < -0.39 is 18.2 Å². The predicted molar refractivity (Wildman–Crippen MR) is 77.1 cm³/mol. The van der Waals surface area contributed by atoms with Crippen molar-refractivity contribution in [2.45, 2.75) is 31.5 Å². The Morgan fingerprint density at radius 1 is 1.32 bits per heavy atom. The fraction of sp³-hybridized carbons (Fsp3) is 0.400. The number of amides is 3. The van der Waals surface area contributed by atoms with E-state index in [4.69, 9.17) is 4.74 Å². The Bertz CT molecular complexity index is 604. The summed E-state index contributed by atoms with van der Waals surface area (Å²) in [7, 11) is 0. The number of nitrogens with one attached hydrogen (secondary N) is 2. The van der Waals surface area contributed by atoms with Gasteiger partial charge in [0.05, 0.1) is 6.04 Å². The van der Waals surface area contributed by atoms with Crippen molar-refractivity contribution in [2.24, 2.45) is 0 Å². The molecule has 3 atom stereocenters. The molecule has 22 heavy (non-hydrogen) atoms. The maximum atomic E-state index is 12.0. The highest BCUT2D eigenvalue weighted by Crippen LogP contribution is 2.22. The summed E-state index contributed by atoms with van der Waals surface area (Å²) in [6, 6.07) is 7.40. The monoisotopic (exact) mass is 303 g/mol. The van der Waals surface area contributed by atoms with Crippen LogP contribution in [0.2, 0.25) is 0 Å². The average Bonchev–Trinajstić information content (AvgIpc) is 2.90.